The molecule has 1 aromatic heterocycles. The maximum Gasteiger partial charge on any atom is 0.273 e. The average molecular weight is 381 g/mol. The molecule has 2 heterocycles. The van der Waals surface area contributed by atoms with Crippen LogP contribution in [-0.4, -0.2) is 71.2 Å². The van der Waals surface area contributed by atoms with E-state index in [2.05, 4.69) is 40.9 Å². The Bertz CT molecular complexity index is 553. The monoisotopic (exact) mass is 380 g/mol. The molecule has 27 heavy (non-hydrogen) atoms. The molecule has 1 atom stereocenters. The van der Waals surface area contributed by atoms with Gasteiger partial charge in [0.05, 0.1) is 12.6 Å². The standard InChI is InChI=1S/C20H36N4O3/c1-4-5-6-17(25)13-23-9-11-24(12-10-23)14-19-22-18(15-27-19)20(26)21-8-7-16(2)3/h15-17,25H,4-14H2,1-3H3,(H,21,26)/t17-/m0/s1. The van der Waals surface area contributed by atoms with E-state index in [0.717, 1.165) is 58.4 Å². The molecule has 1 fully saturated rings. The summed E-state index contributed by atoms with van der Waals surface area (Å²) >= 11 is 0. The largest absolute Gasteiger partial charge is 0.447 e. The predicted molar refractivity (Wildman–Crippen MR) is 106 cm³/mol. The Morgan fingerprint density at radius 3 is 2.63 bits per heavy atom. The van der Waals surface area contributed by atoms with Gasteiger partial charge in [-0.1, -0.05) is 33.6 Å². The van der Waals surface area contributed by atoms with Crippen LogP contribution in [0.2, 0.25) is 0 Å². The molecule has 2 rings (SSSR count). The van der Waals surface area contributed by atoms with E-state index in [0.29, 0.717) is 30.6 Å². The van der Waals surface area contributed by atoms with Gasteiger partial charge in [-0.15, -0.1) is 0 Å². The van der Waals surface area contributed by atoms with E-state index in [1.54, 1.807) is 0 Å². The molecule has 154 valence electrons. The molecule has 0 bridgehead atoms. The summed E-state index contributed by atoms with van der Waals surface area (Å²) in [6.45, 7) is 12.1. The summed E-state index contributed by atoms with van der Waals surface area (Å²) in [5.41, 5.74) is 0.353. The highest BCUT2D eigenvalue weighted by molar-refractivity contribution is 5.91. The number of aliphatic hydroxyl groups is 1. The summed E-state index contributed by atoms with van der Waals surface area (Å²) in [4.78, 5) is 21.0. The molecule has 1 aliphatic heterocycles. The number of piperazine rings is 1. The lowest BCUT2D eigenvalue weighted by Crippen LogP contribution is -2.48. The first-order valence-corrected chi connectivity index (χ1v) is 10.3. The lowest BCUT2D eigenvalue weighted by Gasteiger charge is -2.35. The van der Waals surface area contributed by atoms with Crippen molar-refractivity contribution in [3.63, 3.8) is 0 Å². The number of β-amino-alcohol motifs (C(OH)–C–C–N with tert-alkyl or cyclic N) is 1. The molecule has 0 aromatic carbocycles. The smallest absolute Gasteiger partial charge is 0.273 e. The van der Waals surface area contributed by atoms with Crippen molar-refractivity contribution in [2.75, 3.05) is 39.3 Å². The SMILES string of the molecule is CCCC[C@H](O)CN1CCN(Cc2nc(C(=O)NCCC(C)C)co2)CC1. The van der Waals surface area contributed by atoms with E-state index in [9.17, 15) is 9.90 Å². The van der Waals surface area contributed by atoms with E-state index in [1.807, 2.05) is 0 Å². The van der Waals surface area contributed by atoms with Gasteiger partial charge in [0.15, 0.2) is 5.69 Å². The minimum Gasteiger partial charge on any atom is -0.447 e. The Balaban J connectivity index is 1.70. The normalized spacial score (nSPS) is 17.4. The number of aromatic nitrogens is 1. The van der Waals surface area contributed by atoms with Crippen molar-refractivity contribution in [2.45, 2.75) is 59.1 Å². The van der Waals surface area contributed by atoms with Crippen LogP contribution in [0.25, 0.3) is 0 Å². The van der Waals surface area contributed by atoms with Gasteiger partial charge in [0.2, 0.25) is 5.89 Å². The lowest BCUT2D eigenvalue weighted by atomic mass is 10.1. The number of hydrogen-bond acceptors (Lipinski definition) is 6. The van der Waals surface area contributed by atoms with Crippen LogP contribution in [-0.2, 0) is 6.54 Å². The van der Waals surface area contributed by atoms with Gasteiger partial charge in [0.25, 0.3) is 5.91 Å². The molecule has 7 nitrogen and oxygen atoms in total. The van der Waals surface area contributed by atoms with Crippen molar-refractivity contribution in [2.24, 2.45) is 5.92 Å². The molecule has 0 saturated carbocycles. The van der Waals surface area contributed by atoms with Crippen LogP contribution in [0.5, 0.6) is 0 Å². The Morgan fingerprint density at radius 2 is 1.96 bits per heavy atom. The number of aliphatic hydroxyl groups excluding tert-OH is 1. The van der Waals surface area contributed by atoms with Crippen LogP contribution in [0.3, 0.4) is 0 Å². The van der Waals surface area contributed by atoms with Gasteiger partial charge >= 0.3 is 0 Å². The number of nitrogens with one attached hydrogen (secondary N) is 1. The van der Waals surface area contributed by atoms with Crippen LogP contribution in [0, 0.1) is 5.92 Å². The van der Waals surface area contributed by atoms with Gasteiger partial charge in [-0.25, -0.2) is 4.98 Å². The molecule has 1 saturated heterocycles. The Labute approximate surface area is 163 Å². The zero-order valence-electron chi connectivity index (χ0n) is 17.1. The van der Waals surface area contributed by atoms with Crippen LogP contribution >= 0.6 is 0 Å². The fraction of sp³-hybridized carbons (Fsp3) is 0.800. The molecular formula is C20H36N4O3. The number of unbranched alkanes of at least 4 members (excludes halogenated alkanes) is 1. The van der Waals surface area contributed by atoms with E-state index in [1.165, 1.54) is 6.26 Å². The zero-order chi connectivity index (χ0) is 19.6. The molecule has 7 heteroatoms. The third kappa shape index (κ3) is 7.99. The number of carbonyl (C=O) groups is 1. The predicted octanol–water partition coefficient (Wildman–Crippen LogP) is 2.12. The van der Waals surface area contributed by atoms with E-state index in [-0.39, 0.29) is 12.0 Å². The van der Waals surface area contributed by atoms with Crippen LogP contribution in [0.15, 0.2) is 10.7 Å². The third-order valence-electron chi connectivity index (χ3n) is 4.98. The minimum atomic E-state index is -0.222. The van der Waals surface area contributed by atoms with Gasteiger partial charge < -0.3 is 14.8 Å². The number of carbonyl (C=O) groups excluding carboxylic acids is 1. The number of hydrogen-bond donors (Lipinski definition) is 2. The lowest BCUT2D eigenvalue weighted by molar-refractivity contribution is 0.0627. The Kier molecular flexibility index (Phi) is 9.24. The van der Waals surface area contributed by atoms with Crippen molar-refractivity contribution < 1.29 is 14.3 Å². The maximum absolute atomic E-state index is 12.1. The summed E-state index contributed by atoms with van der Waals surface area (Å²) in [7, 11) is 0. The van der Waals surface area contributed by atoms with Crippen molar-refractivity contribution in [1.29, 1.82) is 0 Å². The van der Waals surface area contributed by atoms with Gasteiger partial charge in [-0.2, -0.15) is 0 Å². The second-order valence-electron chi connectivity index (χ2n) is 7.94. The molecule has 0 unspecified atom stereocenters. The van der Waals surface area contributed by atoms with E-state index in [4.69, 9.17) is 4.42 Å². The number of oxazole rings is 1. The Morgan fingerprint density at radius 1 is 1.26 bits per heavy atom. The first-order valence-electron chi connectivity index (χ1n) is 10.3. The molecule has 1 aliphatic rings. The maximum atomic E-state index is 12.1. The molecule has 1 aromatic rings. The number of nitrogens with zero attached hydrogens (tertiary/aromatic N) is 3. The van der Waals surface area contributed by atoms with E-state index < -0.39 is 0 Å². The first kappa shape index (κ1) is 21.9. The van der Waals surface area contributed by atoms with Gasteiger partial charge in [-0.05, 0) is 18.8 Å². The van der Waals surface area contributed by atoms with E-state index >= 15 is 0 Å². The highest BCUT2D eigenvalue weighted by Gasteiger charge is 2.21. The highest BCUT2D eigenvalue weighted by Crippen LogP contribution is 2.11. The minimum absolute atomic E-state index is 0.170. The molecule has 0 radical (unpaired) electrons. The van der Waals surface area contributed by atoms with Crippen LogP contribution in [0.4, 0.5) is 0 Å². The fourth-order valence-corrected chi connectivity index (χ4v) is 3.20. The zero-order valence-corrected chi connectivity index (χ0v) is 17.1. The van der Waals surface area contributed by atoms with Crippen molar-refractivity contribution in [3.8, 4) is 0 Å². The van der Waals surface area contributed by atoms with Gasteiger partial charge in [-0.3, -0.25) is 14.6 Å². The van der Waals surface area contributed by atoms with Crippen molar-refractivity contribution in [3.05, 3.63) is 17.8 Å². The van der Waals surface area contributed by atoms with Crippen molar-refractivity contribution >= 4 is 5.91 Å². The van der Waals surface area contributed by atoms with Gasteiger partial charge in [0, 0.05) is 39.3 Å². The second-order valence-corrected chi connectivity index (χ2v) is 7.94. The third-order valence-corrected chi connectivity index (χ3v) is 4.98. The van der Waals surface area contributed by atoms with Crippen LogP contribution in [0.1, 0.15) is 62.8 Å². The van der Waals surface area contributed by atoms with Crippen molar-refractivity contribution in [1.82, 2.24) is 20.1 Å². The summed E-state index contributed by atoms with van der Waals surface area (Å²) in [6.07, 6.45) is 5.26. The fourth-order valence-electron chi connectivity index (χ4n) is 3.20. The molecule has 0 aliphatic carbocycles. The average Bonchev–Trinajstić information content (AvgIpc) is 3.10. The second kappa shape index (κ2) is 11.4. The summed E-state index contributed by atoms with van der Waals surface area (Å²) in [5, 5.41) is 12.9. The topological polar surface area (TPSA) is 81.8 Å². The summed E-state index contributed by atoms with van der Waals surface area (Å²) in [5.74, 6) is 0.974. The quantitative estimate of drug-likeness (QED) is 0.612. The number of amides is 1. The van der Waals surface area contributed by atoms with Gasteiger partial charge in [0.1, 0.15) is 6.26 Å². The Hall–Kier alpha value is -1.44. The summed E-state index contributed by atoms with van der Waals surface area (Å²) in [6, 6.07) is 0. The van der Waals surface area contributed by atoms with Crippen LogP contribution < -0.4 is 5.32 Å². The summed E-state index contributed by atoms with van der Waals surface area (Å²) < 4.78 is 5.48. The highest BCUT2D eigenvalue weighted by atomic mass is 16.3. The molecule has 1 amide bonds. The molecular weight excluding hydrogens is 344 g/mol. The number of rotatable bonds is 11. The molecule has 0 spiro atoms. The first-order chi connectivity index (χ1) is 13.0. The molecule has 2 N–H and O–H groups in total.